The van der Waals surface area contributed by atoms with Gasteiger partial charge in [-0.15, -0.1) is 16.4 Å². The highest BCUT2D eigenvalue weighted by molar-refractivity contribution is 7.09. The van der Waals surface area contributed by atoms with Crippen LogP contribution in [0.1, 0.15) is 42.1 Å². The Morgan fingerprint density at radius 3 is 2.81 bits per heavy atom. The molecule has 3 N–H and O–H groups in total. The molecular formula is C14H21N5OS. The number of rotatable bonds is 7. The maximum absolute atomic E-state index is 12.3. The number of hydrogen-bond donors (Lipinski definition) is 2. The van der Waals surface area contributed by atoms with Crippen LogP contribution in [-0.2, 0) is 6.54 Å². The number of carbonyl (C=O) groups excluding carboxylic acids is 1. The van der Waals surface area contributed by atoms with E-state index in [2.05, 4.69) is 15.6 Å². The van der Waals surface area contributed by atoms with Crippen LogP contribution in [0.5, 0.6) is 0 Å². The Kier molecular flexibility index (Phi) is 5.08. The van der Waals surface area contributed by atoms with Crippen LogP contribution in [0.15, 0.2) is 23.7 Å². The Hall–Kier alpha value is -1.73. The summed E-state index contributed by atoms with van der Waals surface area (Å²) in [5.74, 6) is -0.221. The molecule has 0 fully saturated rings. The van der Waals surface area contributed by atoms with Gasteiger partial charge in [0, 0.05) is 11.4 Å². The number of hydrogen-bond acceptors (Lipinski definition) is 5. The molecule has 6 nitrogen and oxygen atoms in total. The largest absolute Gasteiger partial charge is 0.344 e. The van der Waals surface area contributed by atoms with E-state index in [4.69, 9.17) is 5.73 Å². The second kappa shape index (κ2) is 6.82. The molecule has 0 bridgehead atoms. The molecule has 0 aliphatic rings. The van der Waals surface area contributed by atoms with Crippen molar-refractivity contribution in [3.63, 3.8) is 0 Å². The molecular weight excluding hydrogens is 286 g/mol. The zero-order valence-corrected chi connectivity index (χ0v) is 13.2. The number of aromatic nitrogens is 3. The van der Waals surface area contributed by atoms with Crippen molar-refractivity contribution in [2.45, 2.75) is 38.8 Å². The second-order valence-corrected chi connectivity index (χ2v) is 6.06. The van der Waals surface area contributed by atoms with E-state index in [1.165, 1.54) is 4.88 Å². The molecule has 0 radical (unpaired) electrons. The number of nitrogens with zero attached hydrogens (tertiary/aromatic N) is 3. The minimum Gasteiger partial charge on any atom is -0.344 e. The van der Waals surface area contributed by atoms with Gasteiger partial charge in [0.25, 0.3) is 5.91 Å². The van der Waals surface area contributed by atoms with Gasteiger partial charge in [-0.2, -0.15) is 0 Å². The van der Waals surface area contributed by atoms with Crippen LogP contribution >= 0.6 is 11.3 Å². The Labute approximate surface area is 128 Å². The lowest BCUT2D eigenvalue weighted by atomic mass is 9.93. The summed E-state index contributed by atoms with van der Waals surface area (Å²) < 4.78 is 1.67. The summed E-state index contributed by atoms with van der Waals surface area (Å²) in [5.41, 5.74) is 5.75. The fourth-order valence-electron chi connectivity index (χ4n) is 2.11. The van der Waals surface area contributed by atoms with Gasteiger partial charge in [0.15, 0.2) is 5.69 Å². The number of carbonyl (C=O) groups is 1. The van der Waals surface area contributed by atoms with E-state index in [1.54, 1.807) is 22.2 Å². The zero-order chi connectivity index (χ0) is 15.3. The maximum atomic E-state index is 12.3. The topological polar surface area (TPSA) is 85.8 Å². The van der Waals surface area contributed by atoms with E-state index in [0.29, 0.717) is 18.8 Å². The van der Waals surface area contributed by atoms with Gasteiger partial charge in [0.1, 0.15) is 0 Å². The zero-order valence-electron chi connectivity index (χ0n) is 12.4. The van der Waals surface area contributed by atoms with E-state index in [-0.39, 0.29) is 11.4 Å². The molecule has 0 saturated heterocycles. The monoisotopic (exact) mass is 307 g/mol. The molecule has 0 aliphatic carbocycles. The maximum Gasteiger partial charge on any atom is 0.273 e. The summed E-state index contributed by atoms with van der Waals surface area (Å²) in [6.45, 7) is 5.07. The molecule has 2 aromatic rings. The molecule has 2 heterocycles. The first-order chi connectivity index (χ1) is 10.1. The van der Waals surface area contributed by atoms with Crippen molar-refractivity contribution in [1.29, 1.82) is 0 Å². The van der Waals surface area contributed by atoms with Crippen molar-refractivity contribution in [2.24, 2.45) is 5.73 Å². The lowest BCUT2D eigenvalue weighted by Crippen LogP contribution is -2.53. The average molecular weight is 307 g/mol. The number of nitrogens with one attached hydrogen (secondary N) is 1. The van der Waals surface area contributed by atoms with Crippen LogP contribution in [0.2, 0.25) is 0 Å². The molecule has 0 atom stereocenters. The second-order valence-electron chi connectivity index (χ2n) is 5.03. The fraction of sp³-hybridized carbons (Fsp3) is 0.500. The third kappa shape index (κ3) is 3.68. The minimum absolute atomic E-state index is 0.221. The van der Waals surface area contributed by atoms with Crippen molar-refractivity contribution >= 4 is 17.2 Å². The number of nitrogens with two attached hydrogens (primary N) is 1. The molecule has 0 aromatic carbocycles. The van der Waals surface area contributed by atoms with Crippen LogP contribution < -0.4 is 11.1 Å². The molecule has 0 aliphatic heterocycles. The van der Waals surface area contributed by atoms with Crippen molar-refractivity contribution < 1.29 is 4.79 Å². The number of amides is 1. The molecule has 7 heteroatoms. The SMILES string of the molecule is CCC(CC)(CN)NC(=O)c1cn(Cc2cccs2)nn1. The lowest BCUT2D eigenvalue weighted by molar-refractivity contribution is 0.0890. The predicted molar refractivity (Wildman–Crippen MR) is 83.3 cm³/mol. The van der Waals surface area contributed by atoms with Gasteiger partial charge in [0.2, 0.25) is 0 Å². The van der Waals surface area contributed by atoms with Crippen LogP contribution in [0, 0.1) is 0 Å². The Morgan fingerprint density at radius 2 is 2.24 bits per heavy atom. The highest BCUT2D eigenvalue weighted by atomic mass is 32.1. The van der Waals surface area contributed by atoms with E-state index in [1.807, 2.05) is 31.4 Å². The van der Waals surface area contributed by atoms with Gasteiger partial charge in [-0.1, -0.05) is 25.1 Å². The van der Waals surface area contributed by atoms with Gasteiger partial charge >= 0.3 is 0 Å². The van der Waals surface area contributed by atoms with Gasteiger partial charge in [-0.3, -0.25) is 4.79 Å². The summed E-state index contributed by atoms with van der Waals surface area (Å²) in [6.07, 6.45) is 3.24. The van der Waals surface area contributed by atoms with Crippen molar-refractivity contribution in [3.05, 3.63) is 34.3 Å². The van der Waals surface area contributed by atoms with Gasteiger partial charge in [0.05, 0.1) is 18.3 Å². The smallest absolute Gasteiger partial charge is 0.273 e. The average Bonchev–Trinajstić information content (AvgIpc) is 3.17. The van der Waals surface area contributed by atoms with Crippen LogP contribution in [0.3, 0.4) is 0 Å². The fourth-order valence-corrected chi connectivity index (χ4v) is 2.81. The molecule has 0 unspecified atom stereocenters. The van der Waals surface area contributed by atoms with Gasteiger partial charge in [-0.25, -0.2) is 4.68 Å². The molecule has 21 heavy (non-hydrogen) atoms. The van der Waals surface area contributed by atoms with E-state index >= 15 is 0 Å². The van der Waals surface area contributed by atoms with Crippen LogP contribution in [-0.4, -0.2) is 33.0 Å². The first kappa shape index (κ1) is 15.7. The summed E-state index contributed by atoms with van der Waals surface area (Å²) in [7, 11) is 0. The first-order valence-corrected chi connectivity index (χ1v) is 7.95. The summed E-state index contributed by atoms with van der Waals surface area (Å²) in [6, 6.07) is 4.02. The molecule has 2 rings (SSSR count). The highest BCUT2D eigenvalue weighted by Gasteiger charge is 2.27. The van der Waals surface area contributed by atoms with E-state index in [0.717, 1.165) is 12.8 Å². The molecule has 1 amide bonds. The van der Waals surface area contributed by atoms with E-state index in [9.17, 15) is 4.79 Å². The van der Waals surface area contributed by atoms with Gasteiger partial charge in [-0.05, 0) is 24.3 Å². The Balaban J connectivity index is 2.05. The molecule has 0 saturated carbocycles. The Morgan fingerprint density at radius 1 is 1.48 bits per heavy atom. The van der Waals surface area contributed by atoms with Crippen molar-refractivity contribution in [1.82, 2.24) is 20.3 Å². The van der Waals surface area contributed by atoms with E-state index < -0.39 is 0 Å². The molecule has 2 aromatic heterocycles. The minimum atomic E-state index is -0.366. The Bertz CT molecular complexity index is 566. The number of thiophene rings is 1. The molecule has 114 valence electrons. The third-order valence-electron chi connectivity index (χ3n) is 3.79. The standard InChI is InChI=1S/C14H21N5OS/c1-3-14(4-2,10-15)16-13(20)12-9-19(18-17-12)8-11-6-5-7-21-11/h5-7,9H,3-4,8,10,15H2,1-2H3,(H,16,20). The van der Waals surface area contributed by atoms with Crippen LogP contribution in [0.4, 0.5) is 0 Å². The first-order valence-electron chi connectivity index (χ1n) is 7.07. The summed E-state index contributed by atoms with van der Waals surface area (Å²) >= 11 is 1.65. The highest BCUT2D eigenvalue weighted by Crippen LogP contribution is 2.14. The predicted octanol–water partition coefficient (Wildman–Crippen LogP) is 1.64. The quantitative estimate of drug-likeness (QED) is 0.814. The van der Waals surface area contributed by atoms with Crippen LogP contribution in [0.25, 0.3) is 0 Å². The normalized spacial score (nSPS) is 11.6. The lowest BCUT2D eigenvalue weighted by Gasteiger charge is -2.30. The third-order valence-corrected chi connectivity index (χ3v) is 4.65. The van der Waals surface area contributed by atoms with Gasteiger partial charge < -0.3 is 11.1 Å². The summed E-state index contributed by atoms with van der Waals surface area (Å²) in [4.78, 5) is 13.4. The van der Waals surface area contributed by atoms with Crippen molar-refractivity contribution in [3.8, 4) is 0 Å². The summed E-state index contributed by atoms with van der Waals surface area (Å²) in [5, 5.41) is 13.0. The van der Waals surface area contributed by atoms with Crippen molar-refractivity contribution in [2.75, 3.05) is 6.54 Å². The molecule has 0 spiro atoms.